The summed E-state index contributed by atoms with van der Waals surface area (Å²) in [5.74, 6) is -1.15. The molecule has 1 fully saturated rings. The Labute approximate surface area is 157 Å². The van der Waals surface area contributed by atoms with Crippen LogP contribution in [0.25, 0.3) is 6.08 Å². The molecular formula is C16H10N4O4S2. The van der Waals surface area contributed by atoms with Crippen LogP contribution in [0.15, 0.2) is 53.7 Å². The lowest BCUT2D eigenvalue weighted by Crippen LogP contribution is -2.44. The van der Waals surface area contributed by atoms with E-state index < -0.39 is 16.7 Å². The number of thioether (sulfide) groups is 1. The third-order valence-electron chi connectivity index (χ3n) is 3.33. The Morgan fingerprint density at radius 2 is 2.04 bits per heavy atom. The summed E-state index contributed by atoms with van der Waals surface area (Å²) in [6.07, 6.45) is 4.83. The number of pyridine rings is 1. The Kier molecular flexibility index (Phi) is 5.05. The lowest BCUT2D eigenvalue weighted by atomic mass is 10.2. The monoisotopic (exact) mass is 386 g/mol. The highest BCUT2D eigenvalue weighted by Crippen LogP contribution is 2.31. The standard InChI is InChI=1S/C16H10N4O4S2/c21-14(11-2-1-3-12(9-11)20(23)24)18-19-15(22)13(26-16(19)25)8-10-4-6-17-7-5-10/h1-9H,(H,18,21). The van der Waals surface area contributed by atoms with E-state index in [0.29, 0.717) is 4.91 Å². The molecule has 3 rings (SSSR count). The first-order chi connectivity index (χ1) is 12.5. The third-order valence-corrected chi connectivity index (χ3v) is 4.63. The van der Waals surface area contributed by atoms with Gasteiger partial charge in [-0.2, -0.15) is 5.01 Å². The van der Waals surface area contributed by atoms with Gasteiger partial charge in [0, 0.05) is 30.1 Å². The van der Waals surface area contributed by atoms with Crippen LogP contribution in [-0.2, 0) is 4.79 Å². The molecule has 0 spiro atoms. The maximum Gasteiger partial charge on any atom is 0.285 e. The number of nitro benzene ring substituents is 1. The smallest absolute Gasteiger partial charge is 0.267 e. The van der Waals surface area contributed by atoms with Crippen molar-refractivity contribution >= 4 is 51.9 Å². The van der Waals surface area contributed by atoms with Crippen LogP contribution in [0, 0.1) is 10.1 Å². The Balaban J connectivity index is 1.78. The number of carbonyl (C=O) groups is 2. The number of aromatic nitrogens is 1. The summed E-state index contributed by atoms with van der Waals surface area (Å²) in [5.41, 5.74) is 2.98. The molecule has 0 radical (unpaired) electrons. The quantitative estimate of drug-likeness (QED) is 0.372. The molecule has 130 valence electrons. The highest BCUT2D eigenvalue weighted by molar-refractivity contribution is 8.26. The Hall–Kier alpha value is -3.11. The number of hydrogen-bond donors (Lipinski definition) is 1. The van der Waals surface area contributed by atoms with E-state index in [2.05, 4.69) is 10.4 Å². The van der Waals surface area contributed by atoms with Crippen molar-refractivity contribution in [2.45, 2.75) is 0 Å². The van der Waals surface area contributed by atoms with Crippen LogP contribution in [0.5, 0.6) is 0 Å². The minimum atomic E-state index is -0.671. The van der Waals surface area contributed by atoms with Gasteiger partial charge in [-0.05, 0) is 42.1 Å². The van der Waals surface area contributed by atoms with Crippen LogP contribution >= 0.6 is 24.0 Å². The van der Waals surface area contributed by atoms with Crippen molar-refractivity contribution in [1.82, 2.24) is 15.4 Å². The van der Waals surface area contributed by atoms with Gasteiger partial charge in [0.15, 0.2) is 4.32 Å². The molecule has 1 aromatic heterocycles. The van der Waals surface area contributed by atoms with E-state index in [4.69, 9.17) is 12.2 Å². The second kappa shape index (κ2) is 7.42. The van der Waals surface area contributed by atoms with E-state index in [-0.39, 0.29) is 15.6 Å². The third kappa shape index (κ3) is 3.76. The summed E-state index contributed by atoms with van der Waals surface area (Å²) in [5, 5.41) is 11.8. The number of non-ortho nitro benzene ring substituents is 1. The molecule has 2 amide bonds. The SMILES string of the molecule is O=C(NN1C(=O)C(=Cc2ccncc2)SC1=S)c1cccc([N+](=O)[O-])c1. The zero-order valence-electron chi connectivity index (χ0n) is 13.0. The summed E-state index contributed by atoms with van der Waals surface area (Å²) in [7, 11) is 0. The number of hydrazine groups is 1. The van der Waals surface area contributed by atoms with E-state index in [9.17, 15) is 19.7 Å². The average molecular weight is 386 g/mol. The molecule has 0 unspecified atom stereocenters. The molecule has 1 N–H and O–H groups in total. The molecule has 0 aliphatic carbocycles. The van der Waals surface area contributed by atoms with Crippen molar-refractivity contribution in [2.24, 2.45) is 0 Å². The van der Waals surface area contributed by atoms with E-state index in [1.165, 1.54) is 18.2 Å². The minimum Gasteiger partial charge on any atom is -0.267 e. The molecule has 2 aromatic rings. The maximum absolute atomic E-state index is 12.5. The van der Waals surface area contributed by atoms with Crippen LogP contribution in [0.3, 0.4) is 0 Å². The first kappa shape index (κ1) is 17.7. The number of nitrogens with zero attached hydrogens (tertiary/aromatic N) is 3. The fourth-order valence-electron chi connectivity index (χ4n) is 2.10. The zero-order chi connectivity index (χ0) is 18.7. The van der Waals surface area contributed by atoms with Gasteiger partial charge in [-0.3, -0.25) is 30.1 Å². The number of rotatable bonds is 4. The van der Waals surface area contributed by atoms with Crippen molar-refractivity contribution in [2.75, 3.05) is 0 Å². The second-order valence-electron chi connectivity index (χ2n) is 5.05. The fourth-order valence-corrected chi connectivity index (χ4v) is 3.28. The Morgan fingerprint density at radius 3 is 2.73 bits per heavy atom. The molecule has 2 heterocycles. The fraction of sp³-hybridized carbons (Fsp3) is 0. The first-order valence-electron chi connectivity index (χ1n) is 7.19. The lowest BCUT2D eigenvalue weighted by molar-refractivity contribution is -0.384. The molecule has 0 saturated carbocycles. The van der Waals surface area contributed by atoms with E-state index in [0.717, 1.165) is 28.4 Å². The van der Waals surface area contributed by atoms with E-state index in [1.54, 1.807) is 30.6 Å². The van der Waals surface area contributed by atoms with Crippen LogP contribution in [-0.4, -0.2) is 31.1 Å². The van der Waals surface area contributed by atoms with Crippen molar-refractivity contribution < 1.29 is 14.5 Å². The lowest BCUT2D eigenvalue weighted by Gasteiger charge is -2.15. The second-order valence-corrected chi connectivity index (χ2v) is 6.72. The van der Waals surface area contributed by atoms with Crippen molar-refractivity contribution in [3.8, 4) is 0 Å². The number of hydrogen-bond acceptors (Lipinski definition) is 7. The van der Waals surface area contributed by atoms with Crippen LogP contribution in [0.1, 0.15) is 15.9 Å². The topological polar surface area (TPSA) is 105 Å². The Bertz CT molecular complexity index is 946. The molecule has 26 heavy (non-hydrogen) atoms. The molecule has 1 aliphatic heterocycles. The number of nitro groups is 1. The van der Waals surface area contributed by atoms with Gasteiger partial charge in [0.1, 0.15) is 0 Å². The largest absolute Gasteiger partial charge is 0.285 e. The summed E-state index contributed by atoms with van der Waals surface area (Å²) < 4.78 is 0.161. The average Bonchev–Trinajstić information content (AvgIpc) is 2.90. The van der Waals surface area contributed by atoms with Crippen molar-refractivity contribution in [3.05, 3.63) is 74.9 Å². The van der Waals surface area contributed by atoms with E-state index in [1.807, 2.05) is 0 Å². The number of benzene rings is 1. The van der Waals surface area contributed by atoms with Crippen LogP contribution in [0.2, 0.25) is 0 Å². The van der Waals surface area contributed by atoms with Gasteiger partial charge in [0.2, 0.25) is 0 Å². The van der Waals surface area contributed by atoms with Gasteiger partial charge in [0.05, 0.1) is 9.83 Å². The Morgan fingerprint density at radius 1 is 1.31 bits per heavy atom. The van der Waals surface area contributed by atoms with Crippen LogP contribution < -0.4 is 5.43 Å². The number of nitrogens with one attached hydrogen (secondary N) is 1. The van der Waals surface area contributed by atoms with Gasteiger partial charge in [0.25, 0.3) is 17.5 Å². The maximum atomic E-state index is 12.5. The van der Waals surface area contributed by atoms with E-state index >= 15 is 0 Å². The van der Waals surface area contributed by atoms with Gasteiger partial charge in [-0.1, -0.05) is 17.8 Å². The molecule has 1 aliphatic rings. The predicted molar refractivity (Wildman–Crippen MR) is 99.8 cm³/mol. The summed E-state index contributed by atoms with van der Waals surface area (Å²) in [6, 6.07) is 8.66. The number of carbonyl (C=O) groups excluding carboxylic acids is 2. The molecule has 10 heteroatoms. The van der Waals surface area contributed by atoms with Gasteiger partial charge >= 0.3 is 0 Å². The summed E-state index contributed by atoms with van der Waals surface area (Å²) >= 11 is 6.19. The zero-order valence-corrected chi connectivity index (χ0v) is 14.6. The highest BCUT2D eigenvalue weighted by Gasteiger charge is 2.33. The molecule has 1 aromatic carbocycles. The first-order valence-corrected chi connectivity index (χ1v) is 8.41. The highest BCUT2D eigenvalue weighted by atomic mass is 32.2. The van der Waals surface area contributed by atoms with Crippen LogP contribution in [0.4, 0.5) is 5.69 Å². The molecule has 1 saturated heterocycles. The van der Waals surface area contributed by atoms with Crippen molar-refractivity contribution in [1.29, 1.82) is 0 Å². The minimum absolute atomic E-state index is 0.0476. The van der Waals surface area contributed by atoms with Gasteiger partial charge in [-0.15, -0.1) is 0 Å². The normalized spacial score (nSPS) is 15.4. The molecule has 8 nitrogen and oxygen atoms in total. The number of thiocarbonyl (C=S) groups is 1. The molecule has 0 bridgehead atoms. The number of amides is 2. The summed E-state index contributed by atoms with van der Waals surface area (Å²) in [6.45, 7) is 0. The molecule has 0 atom stereocenters. The molecular weight excluding hydrogens is 376 g/mol. The van der Waals surface area contributed by atoms with Gasteiger partial charge in [-0.25, -0.2) is 0 Å². The van der Waals surface area contributed by atoms with Gasteiger partial charge < -0.3 is 0 Å². The predicted octanol–water partition coefficient (Wildman–Crippen LogP) is 2.54. The van der Waals surface area contributed by atoms with Crippen molar-refractivity contribution in [3.63, 3.8) is 0 Å². The summed E-state index contributed by atoms with van der Waals surface area (Å²) in [4.78, 5) is 39.2.